The van der Waals surface area contributed by atoms with Crippen molar-refractivity contribution in [1.29, 1.82) is 0 Å². The van der Waals surface area contributed by atoms with E-state index in [1.165, 1.54) is 7.76 Å². The molecule has 0 aromatic carbocycles. The Morgan fingerprint density at radius 1 is 1.00 bits per heavy atom. The van der Waals surface area contributed by atoms with Gasteiger partial charge in [0.15, 0.2) is 0 Å². The van der Waals surface area contributed by atoms with Gasteiger partial charge in [0.1, 0.15) is 11.0 Å². The second kappa shape index (κ2) is 3.16. The van der Waals surface area contributed by atoms with E-state index in [4.69, 9.17) is 0 Å². The molecule has 13 heavy (non-hydrogen) atoms. The largest absolute Gasteiger partial charge is 0.248 e. The molecule has 0 radical (unpaired) electrons. The van der Waals surface area contributed by atoms with E-state index in [2.05, 4.69) is 39.5 Å². The standard InChI is InChI=1S/C9H9IN2S/c1-4-5(2)12-8-7(11-4)6(3)13-9(8)10/h1-3H3. The van der Waals surface area contributed by atoms with Crippen molar-refractivity contribution in [3.63, 3.8) is 0 Å². The number of rotatable bonds is 0. The van der Waals surface area contributed by atoms with Crippen LogP contribution in [0.2, 0.25) is 0 Å². The normalized spacial score (nSPS) is 11.1. The van der Waals surface area contributed by atoms with E-state index in [0.717, 1.165) is 22.4 Å². The maximum atomic E-state index is 4.54. The number of hydrogen-bond acceptors (Lipinski definition) is 3. The van der Waals surface area contributed by atoms with Crippen LogP contribution in [0.3, 0.4) is 0 Å². The smallest absolute Gasteiger partial charge is 0.113 e. The molecule has 0 aliphatic carbocycles. The number of aryl methyl sites for hydroxylation is 3. The van der Waals surface area contributed by atoms with Crippen molar-refractivity contribution < 1.29 is 0 Å². The third-order valence-electron chi connectivity index (χ3n) is 2.07. The Kier molecular flexibility index (Phi) is 2.27. The first kappa shape index (κ1) is 9.33. The maximum Gasteiger partial charge on any atom is 0.113 e. The van der Waals surface area contributed by atoms with Crippen LogP contribution in [-0.2, 0) is 0 Å². The van der Waals surface area contributed by atoms with E-state index in [1.807, 2.05) is 13.8 Å². The van der Waals surface area contributed by atoms with Gasteiger partial charge in [-0.15, -0.1) is 11.3 Å². The Morgan fingerprint density at radius 2 is 1.54 bits per heavy atom. The summed E-state index contributed by atoms with van der Waals surface area (Å²) in [6.45, 7) is 6.11. The van der Waals surface area contributed by atoms with Gasteiger partial charge in [-0.3, -0.25) is 0 Å². The topological polar surface area (TPSA) is 25.8 Å². The van der Waals surface area contributed by atoms with E-state index >= 15 is 0 Å². The van der Waals surface area contributed by atoms with Crippen LogP contribution in [0.5, 0.6) is 0 Å². The van der Waals surface area contributed by atoms with Gasteiger partial charge in [0.25, 0.3) is 0 Å². The number of aromatic nitrogens is 2. The molecule has 2 aromatic heterocycles. The summed E-state index contributed by atoms with van der Waals surface area (Å²) in [7, 11) is 0. The van der Waals surface area contributed by atoms with E-state index < -0.39 is 0 Å². The third-order valence-corrected chi connectivity index (χ3v) is 4.11. The number of nitrogens with zero attached hydrogens (tertiary/aromatic N) is 2. The Bertz CT molecular complexity index is 434. The van der Waals surface area contributed by atoms with Gasteiger partial charge >= 0.3 is 0 Å². The Labute approximate surface area is 94.5 Å². The van der Waals surface area contributed by atoms with Gasteiger partial charge in [-0.2, -0.15) is 0 Å². The molecule has 0 unspecified atom stereocenters. The molecular weight excluding hydrogens is 295 g/mol. The molecule has 0 aliphatic rings. The van der Waals surface area contributed by atoms with Crippen LogP contribution in [0, 0.1) is 23.7 Å². The van der Waals surface area contributed by atoms with Crippen molar-refractivity contribution in [2.24, 2.45) is 0 Å². The summed E-state index contributed by atoms with van der Waals surface area (Å²) in [6.07, 6.45) is 0. The lowest BCUT2D eigenvalue weighted by Gasteiger charge is -1.98. The number of halogens is 1. The summed E-state index contributed by atoms with van der Waals surface area (Å²) in [5.74, 6) is 0. The molecular formula is C9H9IN2S. The minimum absolute atomic E-state index is 1.03. The van der Waals surface area contributed by atoms with E-state index in [0.29, 0.717) is 0 Å². The second-order valence-electron chi connectivity index (χ2n) is 3.02. The lowest BCUT2D eigenvalue weighted by Crippen LogP contribution is -1.92. The van der Waals surface area contributed by atoms with Crippen molar-refractivity contribution >= 4 is 45.0 Å². The molecule has 0 amide bonds. The van der Waals surface area contributed by atoms with Gasteiger partial charge in [0.2, 0.25) is 0 Å². The maximum absolute atomic E-state index is 4.54. The molecule has 4 heteroatoms. The van der Waals surface area contributed by atoms with Crippen molar-refractivity contribution in [1.82, 2.24) is 9.97 Å². The van der Waals surface area contributed by atoms with Crippen molar-refractivity contribution in [2.45, 2.75) is 20.8 Å². The zero-order chi connectivity index (χ0) is 9.59. The van der Waals surface area contributed by atoms with E-state index in [9.17, 15) is 0 Å². The fourth-order valence-electron chi connectivity index (χ4n) is 1.22. The second-order valence-corrected chi connectivity index (χ2v) is 6.06. The Morgan fingerprint density at radius 3 is 2.15 bits per heavy atom. The highest BCUT2D eigenvalue weighted by Gasteiger charge is 2.10. The van der Waals surface area contributed by atoms with Gasteiger partial charge in [0.05, 0.1) is 14.3 Å². The molecule has 0 aliphatic heterocycles. The molecule has 68 valence electrons. The van der Waals surface area contributed by atoms with E-state index in [-0.39, 0.29) is 0 Å². The zero-order valence-corrected chi connectivity index (χ0v) is 10.7. The van der Waals surface area contributed by atoms with Crippen LogP contribution in [-0.4, -0.2) is 9.97 Å². The monoisotopic (exact) mass is 304 g/mol. The summed E-state index contributed by atoms with van der Waals surface area (Å²) < 4.78 is 1.24. The van der Waals surface area contributed by atoms with Crippen LogP contribution < -0.4 is 0 Å². The highest BCUT2D eigenvalue weighted by atomic mass is 127. The van der Waals surface area contributed by atoms with Crippen LogP contribution in [0.1, 0.15) is 16.3 Å². The van der Waals surface area contributed by atoms with Gasteiger partial charge < -0.3 is 0 Å². The van der Waals surface area contributed by atoms with Crippen molar-refractivity contribution in [3.8, 4) is 0 Å². The summed E-state index contributed by atoms with van der Waals surface area (Å²) in [6, 6.07) is 0. The van der Waals surface area contributed by atoms with Crippen LogP contribution >= 0.6 is 33.9 Å². The summed E-state index contributed by atoms with van der Waals surface area (Å²) in [4.78, 5) is 10.3. The molecule has 0 N–H and O–H groups in total. The zero-order valence-electron chi connectivity index (χ0n) is 7.68. The quantitative estimate of drug-likeness (QED) is 0.698. The fraction of sp³-hybridized carbons (Fsp3) is 0.333. The predicted molar refractivity (Wildman–Crippen MR) is 64.3 cm³/mol. The summed E-state index contributed by atoms with van der Waals surface area (Å²) >= 11 is 4.08. The molecule has 2 aromatic rings. The summed E-state index contributed by atoms with van der Waals surface area (Å²) in [5.41, 5.74) is 4.19. The molecule has 2 heterocycles. The van der Waals surface area contributed by atoms with Gasteiger partial charge in [-0.05, 0) is 43.4 Å². The molecule has 0 saturated carbocycles. The van der Waals surface area contributed by atoms with Crippen LogP contribution in [0.25, 0.3) is 11.0 Å². The van der Waals surface area contributed by atoms with Crippen molar-refractivity contribution in [2.75, 3.05) is 0 Å². The Balaban J connectivity index is 2.91. The number of hydrogen-bond donors (Lipinski definition) is 0. The SMILES string of the molecule is Cc1nc2c(C)sc(I)c2nc1C. The molecule has 2 rings (SSSR count). The molecule has 0 fully saturated rings. The number of fused-ring (bicyclic) bond motifs is 1. The van der Waals surface area contributed by atoms with Crippen LogP contribution in [0.4, 0.5) is 0 Å². The molecule has 2 nitrogen and oxygen atoms in total. The van der Waals surface area contributed by atoms with Gasteiger partial charge in [-0.1, -0.05) is 0 Å². The lowest BCUT2D eigenvalue weighted by atomic mass is 10.3. The lowest BCUT2D eigenvalue weighted by molar-refractivity contribution is 1.10. The average Bonchev–Trinajstić information content (AvgIpc) is 2.31. The molecule has 0 bridgehead atoms. The third kappa shape index (κ3) is 1.46. The predicted octanol–water partition coefficient (Wildman–Crippen LogP) is 3.22. The van der Waals surface area contributed by atoms with Gasteiger partial charge in [-0.25, -0.2) is 9.97 Å². The van der Waals surface area contributed by atoms with Crippen LogP contribution in [0.15, 0.2) is 0 Å². The Hall–Kier alpha value is -0.230. The summed E-state index contributed by atoms with van der Waals surface area (Å²) in [5, 5.41) is 0. The van der Waals surface area contributed by atoms with Crippen molar-refractivity contribution in [3.05, 3.63) is 19.1 Å². The highest BCUT2D eigenvalue weighted by molar-refractivity contribution is 14.1. The fourth-order valence-corrected chi connectivity index (χ4v) is 3.33. The molecule has 0 atom stereocenters. The first-order valence-corrected chi connectivity index (χ1v) is 5.89. The minimum atomic E-state index is 1.03. The average molecular weight is 304 g/mol. The molecule has 0 spiro atoms. The minimum Gasteiger partial charge on any atom is -0.248 e. The highest BCUT2D eigenvalue weighted by Crippen LogP contribution is 2.29. The van der Waals surface area contributed by atoms with E-state index in [1.54, 1.807) is 11.3 Å². The van der Waals surface area contributed by atoms with Gasteiger partial charge in [0, 0.05) is 4.88 Å². The first-order chi connectivity index (χ1) is 6.09. The molecule has 0 saturated heterocycles. The first-order valence-electron chi connectivity index (χ1n) is 3.99. The number of thiophene rings is 1.